The molecule has 0 saturated carbocycles. The van der Waals surface area contributed by atoms with E-state index in [2.05, 4.69) is 10.6 Å². The monoisotopic (exact) mass is 411 g/mol. The van der Waals surface area contributed by atoms with Crippen LogP contribution in [0.4, 0.5) is 0 Å². The van der Waals surface area contributed by atoms with Crippen LogP contribution in [0.25, 0.3) is 0 Å². The van der Waals surface area contributed by atoms with E-state index in [1.54, 1.807) is 60.7 Å². The fraction of sp³-hybridized carbons (Fsp3) is 0.273. The van der Waals surface area contributed by atoms with Crippen LogP contribution in [-0.2, 0) is 14.4 Å². The number of Topliss-reactive ketones (excluding diaryl/α,β-unsaturated/α-hetero) is 1. The van der Waals surface area contributed by atoms with Crippen molar-refractivity contribution in [1.29, 1.82) is 0 Å². The van der Waals surface area contributed by atoms with Gasteiger partial charge in [0, 0.05) is 12.0 Å². The number of nitrogens with two attached hydrogens (primary N) is 1. The first kappa shape index (κ1) is 22.8. The minimum Gasteiger partial charge on any atom is -0.381 e. The van der Waals surface area contributed by atoms with Crippen LogP contribution in [0.5, 0.6) is 0 Å². The summed E-state index contributed by atoms with van der Waals surface area (Å²) >= 11 is 0. The van der Waals surface area contributed by atoms with Crippen LogP contribution in [0.2, 0.25) is 0 Å². The van der Waals surface area contributed by atoms with Gasteiger partial charge in [-0.1, -0.05) is 48.5 Å². The Morgan fingerprint density at radius 1 is 0.933 bits per heavy atom. The van der Waals surface area contributed by atoms with Gasteiger partial charge in [-0.3, -0.25) is 14.4 Å². The van der Waals surface area contributed by atoms with Crippen molar-refractivity contribution in [1.82, 2.24) is 10.6 Å². The van der Waals surface area contributed by atoms with Crippen molar-refractivity contribution in [2.24, 2.45) is 5.73 Å². The molecule has 8 nitrogen and oxygen atoms in total. The van der Waals surface area contributed by atoms with E-state index in [-0.39, 0.29) is 18.6 Å². The van der Waals surface area contributed by atoms with Gasteiger partial charge in [-0.15, -0.1) is 0 Å². The number of carbonyl (C=O) groups excluding carboxylic acids is 4. The molecule has 2 rings (SSSR count). The molecule has 30 heavy (non-hydrogen) atoms. The fourth-order valence-corrected chi connectivity index (χ4v) is 2.86. The Morgan fingerprint density at radius 3 is 2.03 bits per heavy atom. The molecule has 0 unspecified atom stereocenters. The van der Waals surface area contributed by atoms with E-state index in [0.717, 1.165) is 0 Å². The molecule has 2 aromatic carbocycles. The Labute approximate surface area is 174 Å². The maximum absolute atomic E-state index is 12.6. The Hall–Kier alpha value is -3.52. The Morgan fingerprint density at radius 2 is 1.50 bits per heavy atom. The lowest BCUT2D eigenvalue weighted by atomic mass is 9.99. The zero-order valence-corrected chi connectivity index (χ0v) is 16.6. The third kappa shape index (κ3) is 6.52. The molecule has 5 N–H and O–H groups in total. The molecule has 0 saturated heterocycles. The molecule has 0 aromatic heterocycles. The second kappa shape index (κ2) is 10.9. The predicted molar refractivity (Wildman–Crippen MR) is 110 cm³/mol. The number of amides is 3. The molecular formula is C22H25N3O5. The summed E-state index contributed by atoms with van der Waals surface area (Å²) in [5.74, 6) is -2.33. The molecule has 3 atom stereocenters. The lowest BCUT2D eigenvalue weighted by Crippen LogP contribution is -2.51. The summed E-state index contributed by atoms with van der Waals surface area (Å²) in [6.45, 7) is 1.36. The number of rotatable bonds is 10. The van der Waals surface area contributed by atoms with Gasteiger partial charge in [-0.25, -0.2) is 0 Å². The molecule has 0 bridgehead atoms. The average molecular weight is 411 g/mol. The van der Waals surface area contributed by atoms with E-state index in [1.165, 1.54) is 6.92 Å². The van der Waals surface area contributed by atoms with Crippen LogP contribution < -0.4 is 16.4 Å². The second-order valence-electron chi connectivity index (χ2n) is 6.88. The van der Waals surface area contributed by atoms with Gasteiger partial charge in [0.25, 0.3) is 11.8 Å². The first-order valence-electron chi connectivity index (χ1n) is 9.47. The van der Waals surface area contributed by atoms with Crippen molar-refractivity contribution in [3.63, 3.8) is 0 Å². The first-order valence-corrected chi connectivity index (χ1v) is 9.47. The number of hydrogen-bond donors (Lipinski definition) is 4. The van der Waals surface area contributed by atoms with Crippen molar-refractivity contribution in [2.45, 2.75) is 38.0 Å². The van der Waals surface area contributed by atoms with Gasteiger partial charge in [0.2, 0.25) is 5.91 Å². The summed E-state index contributed by atoms with van der Waals surface area (Å²) < 4.78 is 0. The number of ketones is 1. The quantitative estimate of drug-likeness (QED) is 0.459. The zero-order chi connectivity index (χ0) is 22.1. The molecule has 3 amide bonds. The fourth-order valence-electron chi connectivity index (χ4n) is 2.86. The summed E-state index contributed by atoms with van der Waals surface area (Å²) in [6, 6.07) is 14.7. The molecule has 0 heterocycles. The summed E-state index contributed by atoms with van der Waals surface area (Å²) in [5.41, 5.74) is 6.17. The maximum atomic E-state index is 12.6. The highest BCUT2D eigenvalue weighted by atomic mass is 16.3. The Kier molecular flexibility index (Phi) is 8.25. The van der Waals surface area contributed by atoms with E-state index in [1.807, 2.05) is 0 Å². The molecule has 0 aliphatic carbocycles. The van der Waals surface area contributed by atoms with Gasteiger partial charge >= 0.3 is 0 Å². The van der Waals surface area contributed by atoms with Crippen LogP contribution >= 0.6 is 0 Å². The third-order valence-corrected chi connectivity index (χ3v) is 4.51. The van der Waals surface area contributed by atoms with Gasteiger partial charge in [0.05, 0.1) is 6.04 Å². The number of benzene rings is 2. The highest BCUT2D eigenvalue weighted by Crippen LogP contribution is 2.18. The summed E-state index contributed by atoms with van der Waals surface area (Å²) in [6.07, 6.45) is -1.62. The van der Waals surface area contributed by atoms with Crippen LogP contribution in [0.3, 0.4) is 0 Å². The Bertz CT molecular complexity index is 886. The summed E-state index contributed by atoms with van der Waals surface area (Å²) in [7, 11) is 0. The van der Waals surface area contributed by atoms with Crippen LogP contribution in [0.1, 0.15) is 41.7 Å². The van der Waals surface area contributed by atoms with Crippen LogP contribution in [0, 0.1) is 0 Å². The summed E-state index contributed by atoms with van der Waals surface area (Å²) in [5, 5.41) is 15.7. The molecular weight excluding hydrogens is 386 g/mol. The standard InChI is InChI=1S/C22H25N3O5/c1-14(26)12-13-17(20(23)28)24-22(30)19(27)18(15-8-4-2-5-9-15)25-21(29)16-10-6-3-7-11-16/h2-11,17-19,27H,12-13H2,1H3,(H2,23,28)(H,24,30)(H,25,29)/t17-,18+,19-/m1/s1. The number of carbonyl (C=O) groups is 4. The number of aliphatic hydroxyl groups is 1. The SMILES string of the molecule is CC(=O)CC[C@@H](NC(=O)[C@H](O)[C@@H](NC(=O)c1ccccc1)c1ccccc1)C(N)=O. The van der Waals surface area contributed by atoms with E-state index < -0.39 is 35.9 Å². The molecule has 0 spiro atoms. The van der Waals surface area contributed by atoms with E-state index in [0.29, 0.717) is 11.1 Å². The van der Waals surface area contributed by atoms with Crippen molar-refractivity contribution in [2.75, 3.05) is 0 Å². The third-order valence-electron chi connectivity index (χ3n) is 4.51. The topological polar surface area (TPSA) is 139 Å². The largest absolute Gasteiger partial charge is 0.381 e. The van der Waals surface area contributed by atoms with Crippen molar-refractivity contribution >= 4 is 23.5 Å². The van der Waals surface area contributed by atoms with Crippen molar-refractivity contribution in [3.05, 3.63) is 71.8 Å². The molecule has 158 valence electrons. The normalized spacial score (nSPS) is 13.5. The number of aliphatic hydroxyl groups excluding tert-OH is 1. The molecule has 0 aliphatic rings. The lowest BCUT2D eigenvalue weighted by molar-refractivity contribution is -0.134. The molecule has 0 aliphatic heterocycles. The van der Waals surface area contributed by atoms with Gasteiger partial charge in [0.1, 0.15) is 11.8 Å². The van der Waals surface area contributed by atoms with Crippen LogP contribution in [-0.4, -0.2) is 40.8 Å². The van der Waals surface area contributed by atoms with Crippen LogP contribution in [0.15, 0.2) is 60.7 Å². The van der Waals surface area contributed by atoms with Crippen molar-refractivity contribution in [3.8, 4) is 0 Å². The molecule has 0 fully saturated rings. The maximum Gasteiger partial charge on any atom is 0.252 e. The van der Waals surface area contributed by atoms with E-state index >= 15 is 0 Å². The van der Waals surface area contributed by atoms with Crippen molar-refractivity contribution < 1.29 is 24.3 Å². The first-order chi connectivity index (χ1) is 14.3. The zero-order valence-electron chi connectivity index (χ0n) is 16.6. The highest BCUT2D eigenvalue weighted by Gasteiger charge is 2.31. The lowest BCUT2D eigenvalue weighted by Gasteiger charge is -2.25. The minimum absolute atomic E-state index is 0.0233. The number of primary amides is 1. The second-order valence-corrected chi connectivity index (χ2v) is 6.88. The molecule has 8 heteroatoms. The number of nitrogens with one attached hydrogen (secondary N) is 2. The van der Waals surface area contributed by atoms with E-state index in [9.17, 15) is 24.3 Å². The predicted octanol–water partition coefficient (Wildman–Crippen LogP) is 0.858. The highest BCUT2D eigenvalue weighted by molar-refractivity contribution is 5.95. The Balaban J connectivity index is 2.20. The minimum atomic E-state index is -1.70. The average Bonchev–Trinajstić information content (AvgIpc) is 2.75. The summed E-state index contributed by atoms with van der Waals surface area (Å²) in [4.78, 5) is 48.0. The van der Waals surface area contributed by atoms with Gasteiger partial charge in [0.15, 0.2) is 6.10 Å². The molecule has 0 radical (unpaired) electrons. The smallest absolute Gasteiger partial charge is 0.252 e. The van der Waals surface area contributed by atoms with Gasteiger partial charge in [-0.05, 0) is 31.0 Å². The molecule has 2 aromatic rings. The van der Waals surface area contributed by atoms with E-state index in [4.69, 9.17) is 5.73 Å². The van der Waals surface area contributed by atoms with Gasteiger partial charge < -0.3 is 26.3 Å². The number of hydrogen-bond acceptors (Lipinski definition) is 5. The van der Waals surface area contributed by atoms with Gasteiger partial charge in [-0.2, -0.15) is 0 Å².